The average molecular weight is 417 g/mol. The standard InChI is InChI=1S/4ClH.W.Zr/h4*1H;;/q;;;;;+4/p-4. The minimum Gasteiger partial charge on any atom is 0 e. The van der Waals surface area contributed by atoms with E-state index in [0.29, 0.717) is 0 Å². The molecule has 0 saturated carbocycles. The first-order valence-electron chi connectivity index (χ1n) is 0.756. The largest absolute Gasteiger partial charge is 0 e. The van der Waals surface area contributed by atoms with E-state index in [1.165, 1.54) is 0 Å². The monoisotopic (exact) mass is 414 g/mol. The van der Waals surface area contributed by atoms with Crippen molar-refractivity contribution in [3.05, 3.63) is 0 Å². The van der Waals surface area contributed by atoms with E-state index < -0.39 is 15.5 Å². The number of hydrogen-bond acceptors (Lipinski definition) is 0. The van der Waals surface area contributed by atoms with E-state index in [1.807, 2.05) is 0 Å². The molecule has 0 unspecified atom stereocenters. The zero-order chi connectivity index (χ0) is 4.50. The van der Waals surface area contributed by atoms with E-state index in [2.05, 4.69) is 0 Å². The van der Waals surface area contributed by atoms with Gasteiger partial charge in [-0.3, -0.25) is 0 Å². The number of hydrogen-bond donors (Lipinski definition) is 0. The second kappa shape index (κ2) is 4.60. The van der Waals surface area contributed by atoms with Gasteiger partial charge in [0, 0.05) is 21.1 Å². The van der Waals surface area contributed by atoms with Crippen molar-refractivity contribution < 1.29 is 36.6 Å². The summed E-state index contributed by atoms with van der Waals surface area (Å²) in [6.07, 6.45) is 0. The predicted molar refractivity (Wildman–Crippen MR) is 23.4 cm³/mol. The van der Waals surface area contributed by atoms with Gasteiger partial charge in [0.25, 0.3) is 0 Å². The fourth-order valence-electron chi connectivity index (χ4n) is 0. The molecule has 0 radical (unpaired) electrons. The van der Waals surface area contributed by atoms with Gasteiger partial charge >= 0.3 is 49.5 Å². The summed E-state index contributed by atoms with van der Waals surface area (Å²) < 4.78 is 0. The van der Waals surface area contributed by atoms with Gasteiger partial charge < -0.3 is 0 Å². The third kappa shape index (κ3) is 29.6. The molecule has 0 rings (SSSR count). The van der Waals surface area contributed by atoms with Gasteiger partial charge in [0.15, 0.2) is 0 Å². The Balaban J connectivity index is 0. The summed E-state index contributed by atoms with van der Waals surface area (Å²) in [5.41, 5.74) is 0. The summed E-state index contributed by atoms with van der Waals surface area (Å²) in [7, 11) is 20.1. The molecule has 0 amide bonds. The minimum atomic E-state index is -3.29. The Kier molecular flexibility index (Phi) is 8.82. The average Bonchev–Trinajstić information content (AvgIpc) is 0.722. The van der Waals surface area contributed by atoms with Crippen LogP contribution < -0.4 is 0 Å². The van der Waals surface area contributed by atoms with Crippen LogP contribution in [0, 0.1) is 0 Å². The van der Waals surface area contributed by atoms with Crippen molar-refractivity contribution in [3.63, 3.8) is 0 Å². The molecule has 0 aliphatic carbocycles. The van der Waals surface area contributed by atoms with Gasteiger partial charge in [-0.2, -0.15) is 0 Å². The Hall–Kier alpha value is 2.73. The van der Waals surface area contributed by atoms with Gasteiger partial charge in [-0.25, -0.2) is 0 Å². The summed E-state index contributed by atoms with van der Waals surface area (Å²) >= 11 is -3.29. The Morgan fingerprint density at radius 1 is 0.833 bits per heavy atom. The minimum absolute atomic E-state index is 0. The smallest absolute Gasteiger partial charge is 0 e. The normalized spacial score (nSPS) is 10.0. The molecule has 0 saturated heterocycles. The van der Waals surface area contributed by atoms with E-state index in [1.54, 1.807) is 0 Å². The molecule has 6 heteroatoms. The van der Waals surface area contributed by atoms with Crippen molar-refractivity contribution in [1.29, 1.82) is 0 Å². The molecule has 0 nitrogen and oxygen atoms in total. The quantitative estimate of drug-likeness (QED) is 0.569. The molecule has 0 heterocycles. The summed E-state index contributed by atoms with van der Waals surface area (Å²) in [5, 5.41) is 0. The summed E-state index contributed by atoms with van der Waals surface area (Å²) in [5.74, 6) is 0. The first kappa shape index (κ1) is 11.5. The van der Waals surface area contributed by atoms with Crippen LogP contribution in [0.5, 0.6) is 0 Å². The van der Waals surface area contributed by atoms with Crippen LogP contribution in [0.15, 0.2) is 0 Å². The second-order valence-electron chi connectivity index (χ2n) is 0.429. The van der Waals surface area contributed by atoms with Gasteiger partial charge in [-0.05, 0) is 0 Å². The van der Waals surface area contributed by atoms with Gasteiger partial charge in [-0.15, -0.1) is 0 Å². The van der Waals surface area contributed by atoms with Gasteiger partial charge in [0.1, 0.15) is 0 Å². The Morgan fingerprint density at radius 3 is 0.833 bits per heavy atom. The van der Waals surface area contributed by atoms with E-state index in [9.17, 15) is 0 Å². The number of halogens is 4. The molecule has 0 aromatic rings. The van der Waals surface area contributed by atoms with Crippen molar-refractivity contribution >= 4 is 34.1 Å². The maximum atomic E-state index is 5.04. The molecule has 0 spiro atoms. The van der Waals surface area contributed by atoms with Crippen LogP contribution >= 0.6 is 34.1 Å². The Bertz CT molecular complexity index is 23.0. The van der Waals surface area contributed by atoms with Crippen molar-refractivity contribution in [3.8, 4) is 0 Å². The molecule has 38 valence electrons. The zero-order valence-electron chi connectivity index (χ0n) is 2.42. The van der Waals surface area contributed by atoms with Crippen LogP contribution in [-0.2, 0) is 36.6 Å². The fraction of sp³-hybridized carbons (Fsp3) is 0. The summed E-state index contributed by atoms with van der Waals surface area (Å²) in [6, 6.07) is 0. The maximum absolute atomic E-state index is 5.04. The molecule has 0 aliphatic heterocycles. The van der Waals surface area contributed by atoms with Crippen LogP contribution in [0.1, 0.15) is 0 Å². The summed E-state index contributed by atoms with van der Waals surface area (Å²) in [6.45, 7) is 0. The molecule has 0 aromatic heterocycles. The Labute approximate surface area is 69.3 Å². The molecule has 0 atom stereocenters. The topological polar surface area (TPSA) is 0 Å². The van der Waals surface area contributed by atoms with Crippen molar-refractivity contribution in [2.75, 3.05) is 0 Å². The van der Waals surface area contributed by atoms with Crippen molar-refractivity contribution in [1.82, 2.24) is 0 Å². The third-order valence-electron chi connectivity index (χ3n) is 0. The Morgan fingerprint density at radius 2 is 0.833 bits per heavy atom. The molecule has 0 bridgehead atoms. The molecule has 0 fully saturated rings. The predicted octanol–water partition coefficient (Wildman–Crippen LogP) is 2.75. The molecule has 6 heavy (non-hydrogen) atoms. The van der Waals surface area contributed by atoms with E-state index in [4.69, 9.17) is 34.1 Å². The second-order valence-corrected chi connectivity index (χ2v) is 22.8. The number of rotatable bonds is 0. The third-order valence-corrected chi connectivity index (χ3v) is 0. The van der Waals surface area contributed by atoms with E-state index >= 15 is 0 Å². The van der Waals surface area contributed by atoms with E-state index in [0.717, 1.165) is 0 Å². The van der Waals surface area contributed by atoms with Crippen LogP contribution in [0.2, 0.25) is 0 Å². The molecule has 0 N–H and O–H groups in total. The van der Waals surface area contributed by atoms with Crippen LogP contribution in [-0.4, -0.2) is 0 Å². The van der Waals surface area contributed by atoms with Crippen molar-refractivity contribution in [2.24, 2.45) is 0 Å². The maximum Gasteiger partial charge on any atom is 0 e. The first-order valence-corrected chi connectivity index (χ1v) is 13.4. The van der Waals surface area contributed by atoms with Crippen molar-refractivity contribution in [2.45, 2.75) is 0 Å². The molecule has 0 aromatic carbocycles. The SMILES string of the molecule is [Cl][Zr]([Cl])([Cl])[Cl].[W]. The molecular weight excluding hydrogens is 417 g/mol. The van der Waals surface area contributed by atoms with Crippen LogP contribution in [0.25, 0.3) is 0 Å². The fourth-order valence-corrected chi connectivity index (χ4v) is 0. The molecular formula is Cl4WZr. The summed E-state index contributed by atoms with van der Waals surface area (Å²) in [4.78, 5) is 0. The van der Waals surface area contributed by atoms with Gasteiger partial charge in [0.2, 0.25) is 0 Å². The van der Waals surface area contributed by atoms with E-state index in [-0.39, 0.29) is 21.1 Å². The van der Waals surface area contributed by atoms with Gasteiger partial charge in [-0.1, -0.05) is 0 Å². The first-order chi connectivity index (χ1) is 2.00. The van der Waals surface area contributed by atoms with Gasteiger partial charge in [0.05, 0.1) is 0 Å². The zero-order valence-corrected chi connectivity index (χ0v) is 10.8. The molecule has 0 aliphatic rings. The van der Waals surface area contributed by atoms with Crippen LogP contribution in [0.4, 0.5) is 0 Å². The van der Waals surface area contributed by atoms with Crippen LogP contribution in [0.3, 0.4) is 0 Å².